The van der Waals surface area contributed by atoms with E-state index in [1.54, 1.807) is 4.90 Å². The largest absolute Gasteiger partial charge is 0.455 e. The van der Waals surface area contributed by atoms with Crippen molar-refractivity contribution in [3.8, 4) is 11.5 Å². The number of likely N-dealkylation sites (tertiary alicyclic amines) is 1. The molecule has 3 aromatic rings. The van der Waals surface area contributed by atoms with E-state index in [-0.39, 0.29) is 24.2 Å². The molecule has 1 atom stereocenters. The highest BCUT2D eigenvalue weighted by Gasteiger charge is 2.34. The van der Waals surface area contributed by atoms with Gasteiger partial charge < -0.3 is 15.0 Å². The van der Waals surface area contributed by atoms with E-state index in [4.69, 9.17) is 4.74 Å². The summed E-state index contributed by atoms with van der Waals surface area (Å²) in [7, 11) is 0. The van der Waals surface area contributed by atoms with Crippen LogP contribution in [0.15, 0.2) is 78.9 Å². The third kappa shape index (κ3) is 4.69. The zero-order valence-electron chi connectivity index (χ0n) is 16.9. The molecular weight excluding hydrogens is 376 g/mol. The first-order valence-electron chi connectivity index (χ1n) is 10.0. The first kappa shape index (κ1) is 19.7. The van der Waals surface area contributed by atoms with Gasteiger partial charge in [-0.15, -0.1) is 0 Å². The number of para-hydroxylation sites is 2. The van der Waals surface area contributed by atoms with Crippen molar-refractivity contribution >= 4 is 17.5 Å². The molecule has 1 N–H and O–H groups in total. The quantitative estimate of drug-likeness (QED) is 0.648. The summed E-state index contributed by atoms with van der Waals surface area (Å²) in [5.74, 6) is 0.736. The Labute approximate surface area is 176 Å². The van der Waals surface area contributed by atoms with E-state index in [1.165, 1.54) is 0 Å². The normalized spacial score (nSPS) is 15.8. The summed E-state index contributed by atoms with van der Waals surface area (Å²) in [6.45, 7) is 2.94. The van der Waals surface area contributed by atoms with Gasteiger partial charge in [0.05, 0.1) is 11.6 Å². The van der Waals surface area contributed by atoms with E-state index >= 15 is 0 Å². The smallest absolute Gasteiger partial charge is 0.229 e. The van der Waals surface area contributed by atoms with E-state index < -0.39 is 0 Å². The van der Waals surface area contributed by atoms with Crippen molar-refractivity contribution in [2.24, 2.45) is 5.92 Å². The molecular formula is C25H24N2O3. The fraction of sp³-hybridized carbons (Fsp3) is 0.200. The van der Waals surface area contributed by atoms with Crippen LogP contribution in [0, 0.1) is 12.8 Å². The number of nitrogens with zero attached hydrogens (tertiary/aromatic N) is 1. The van der Waals surface area contributed by atoms with Crippen molar-refractivity contribution in [3.05, 3.63) is 90.0 Å². The average molecular weight is 400 g/mol. The number of hydrogen-bond donors (Lipinski definition) is 1. The van der Waals surface area contributed by atoms with Gasteiger partial charge in [-0.25, -0.2) is 0 Å². The minimum atomic E-state index is -0.381. The third-order valence-corrected chi connectivity index (χ3v) is 5.16. The van der Waals surface area contributed by atoms with Gasteiger partial charge in [-0.2, -0.15) is 0 Å². The first-order valence-corrected chi connectivity index (χ1v) is 10.0. The van der Waals surface area contributed by atoms with Crippen LogP contribution in [0.2, 0.25) is 0 Å². The molecule has 1 aliphatic heterocycles. The lowest BCUT2D eigenvalue weighted by Crippen LogP contribution is -2.28. The predicted octanol–water partition coefficient (Wildman–Crippen LogP) is 4.77. The number of ether oxygens (including phenoxy) is 1. The number of aryl methyl sites for hydroxylation is 1. The standard InChI is InChI=1S/C25H24N2O3/c1-18-8-7-11-21(14-18)30-23-13-6-5-12-22(23)26-25(29)20-15-24(28)27(17-20)16-19-9-3-2-4-10-19/h2-14,20H,15-17H2,1H3,(H,26,29). The van der Waals surface area contributed by atoms with Crippen LogP contribution in [-0.2, 0) is 16.1 Å². The van der Waals surface area contributed by atoms with Gasteiger partial charge in [0, 0.05) is 19.5 Å². The van der Waals surface area contributed by atoms with Crippen LogP contribution in [0.25, 0.3) is 0 Å². The highest BCUT2D eigenvalue weighted by Crippen LogP contribution is 2.31. The second-order valence-electron chi connectivity index (χ2n) is 7.56. The van der Waals surface area contributed by atoms with E-state index in [9.17, 15) is 9.59 Å². The van der Waals surface area contributed by atoms with Gasteiger partial charge >= 0.3 is 0 Å². The molecule has 152 valence electrons. The third-order valence-electron chi connectivity index (χ3n) is 5.16. The summed E-state index contributed by atoms with van der Waals surface area (Å²) in [4.78, 5) is 27.0. The van der Waals surface area contributed by atoms with Crippen LogP contribution in [0.4, 0.5) is 5.69 Å². The molecule has 5 heteroatoms. The molecule has 2 amide bonds. The maximum absolute atomic E-state index is 12.9. The average Bonchev–Trinajstić information content (AvgIpc) is 3.11. The van der Waals surface area contributed by atoms with Gasteiger partial charge in [0.15, 0.2) is 5.75 Å². The number of carbonyl (C=O) groups excluding carboxylic acids is 2. The van der Waals surface area contributed by atoms with E-state index in [0.29, 0.717) is 30.3 Å². The Bertz CT molecular complexity index is 1050. The second kappa shape index (κ2) is 8.82. The maximum atomic E-state index is 12.9. The highest BCUT2D eigenvalue weighted by molar-refractivity contribution is 5.98. The molecule has 0 spiro atoms. The minimum Gasteiger partial charge on any atom is -0.455 e. The lowest BCUT2D eigenvalue weighted by atomic mass is 10.1. The molecule has 30 heavy (non-hydrogen) atoms. The van der Waals surface area contributed by atoms with Crippen molar-refractivity contribution in [2.75, 3.05) is 11.9 Å². The predicted molar refractivity (Wildman–Crippen MR) is 116 cm³/mol. The fourth-order valence-electron chi connectivity index (χ4n) is 3.60. The van der Waals surface area contributed by atoms with Crippen LogP contribution in [-0.4, -0.2) is 23.3 Å². The molecule has 1 saturated heterocycles. The number of anilines is 1. The van der Waals surface area contributed by atoms with Crippen molar-refractivity contribution in [1.82, 2.24) is 4.90 Å². The van der Waals surface area contributed by atoms with Crippen LogP contribution >= 0.6 is 0 Å². The molecule has 3 aromatic carbocycles. The fourth-order valence-corrected chi connectivity index (χ4v) is 3.60. The molecule has 0 radical (unpaired) electrons. The molecule has 0 aromatic heterocycles. The van der Waals surface area contributed by atoms with Crippen LogP contribution in [0.1, 0.15) is 17.5 Å². The van der Waals surface area contributed by atoms with Crippen molar-refractivity contribution in [2.45, 2.75) is 19.9 Å². The molecule has 4 rings (SSSR count). The molecule has 1 heterocycles. The van der Waals surface area contributed by atoms with Gasteiger partial charge in [0.1, 0.15) is 5.75 Å². The summed E-state index contributed by atoms with van der Waals surface area (Å²) in [6, 6.07) is 24.9. The van der Waals surface area contributed by atoms with E-state index in [2.05, 4.69) is 5.32 Å². The summed E-state index contributed by atoms with van der Waals surface area (Å²) in [6.07, 6.45) is 0.222. The SMILES string of the molecule is Cc1cccc(Oc2ccccc2NC(=O)C2CC(=O)N(Cc3ccccc3)C2)c1. The Hall–Kier alpha value is -3.60. The van der Waals surface area contributed by atoms with Gasteiger partial charge in [-0.05, 0) is 42.3 Å². The Kier molecular flexibility index (Phi) is 5.80. The van der Waals surface area contributed by atoms with Crippen molar-refractivity contribution in [1.29, 1.82) is 0 Å². The minimum absolute atomic E-state index is 0.00305. The number of carbonyl (C=O) groups is 2. The van der Waals surface area contributed by atoms with E-state index in [1.807, 2.05) is 85.8 Å². The Balaban J connectivity index is 1.42. The molecule has 1 unspecified atom stereocenters. The number of nitrogens with one attached hydrogen (secondary N) is 1. The monoisotopic (exact) mass is 400 g/mol. The van der Waals surface area contributed by atoms with Gasteiger partial charge in [-0.3, -0.25) is 9.59 Å². The molecule has 0 saturated carbocycles. The molecule has 1 fully saturated rings. The Morgan fingerprint density at radius 3 is 2.60 bits per heavy atom. The van der Waals surface area contributed by atoms with Crippen molar-refractivity contribution in [3.63, 3.8) is 0 Å². The van der Waals surface area contributed by atoms with Crippen LogP contribution in [0.3, 0.4) is 0 Å². The maximum Gasteiger partial charge on any atom is 0.229 e. The number of amides is 2. The lowest BCUT2D eigenvalue weighted by molar-refractivity contribution is -0.128. The van der Waals surface area contributed by atoms with Gasteiger partial charge in [0.25, 0.3) is 0 Å². The highest BCUT2D eigenvalue weighted by atomic mass is 16.5. The summed E-state index contributed by atoms with van der Waals surface area (Å²) in [5.41, 5.74) is 2.75. The summed E-state index contributed by atoms with van der Waals surface area (Å²) in [5, 5.41) is 2.95. The topological polar surface area (TPSA) is 58.6 Å². The Morgan fingerprint density at radius 1 is 1.03 bits per heavy atom. The number of benzene rings is 3. The Morgan fingerprint density at radius 2 is 1.80 bits per heavy atom. The number of rotatable bonds is 6. The van der Waals surface area contributed by atoms with Crippen LogP contribution in [0.5, 0.6) is 11.5 Å². The molecule has 5 nitrogen and oxygen atoms in total. The molecule has 1 aliphatic rings. The van der Waals surface area contributed by atoms with Gasteiger partial charge in [0.2, 0.25) is 11.8 Å². The zero-order valence-corrected chi connectivity index (χ0v) is 16.9. The van der Waals surface area contributed by atoms with E-state index in [0.717, 1.165) is 11.1 Å². The zero-order chi connectivity index (χ0) is 20.9. The van der Waals surface area contributed by atoms with Gasteiger partial charge in [-0.1, -0.05) is 54.6 Å². The summed E-state index contributed by atoms with van der Waals surface area (Å²) < 4.78 is 5.98. The number of hydrogen-bond acceptors (Lipinski definition) is 3. The van der Waals surface area contributed by atoms with Crippen molar-refractivity contribution < 1.29 is 14.3 Å². The molecule has 0 bridgehead atoms. The summed E-state index contributed by atoms with van der Waals surface area (Å²) >= 11 is 0. The lowest BCUT2D eigenvalue weighted by Gasteiger charge is -2.17. The second-order valence-corrected chi connectivity index (χ2v) is 7.56. The molecule has 0 aliphatic carbocycles. The first-order chi connectivity index (χ1) is 14.6. The van der Waals surface area contributed by atoms with Crippen LogP contribution < -0.4 is 10.1 Å².